The van der Waals surface area contributed by atoms with E-state index in [0.717, 1.165) is 23.9 Å². The van der Waals surface area contributed by atoms with Crippen molar-refractivity contribution in [3.8, 4) is 11.6 Å². The van der Waals surface area contributed by atoms with Gasteiger partial charge >= 0.3 is 5.92 Å². The van der Waals surface area contributed by atoms with Crippen molar-refractivity contribution in [2.24, 2.45) is 0 Å². The Morgan fingerprint density at radius 1 is 1.24 bits per heavy atom. The van der Waals surface area contributed by atoms with Crippen LogP contribution >= 0.6 is 0 Å². The molecule has 0 aliphatic heterocycles. The van der Waals surface area contributed by atoms with Gasteiger partial charge in [-0.1, -0.05) is 24.3 Å². The van der Waals surface area contributed by atoms with Crippen molar-refractivity contribution < 1.29 is 31.5 Å². The van der Waals surface area contributed by atoms with Gasteiger partial charge in [-0.15, -0.1) is 0 Å². The zero-order valence-corrected chi connectivity index (χ0v) is 19.3. The number of para-hydroxylation sites is 1. The number of rotatable bonds is 9. The van der Waals surface area contributed by atoms with Crippen LogP contribution in [0.4, 0.5) is 8.78 Å². The number of carbonyl (C=O) groups excluding carboxylic acids is 2. The van der Waals surface area contributed by atoms with Crippen LogP contribution in [-0.2, 0) is 20.6 Å². The molecule has 12 heteroatoms. The number of carbonyl (C=O) groups is 2. The third kappa shape index (κ3) is 8.22. The van der Waals surface area contributed by atoms with E-state index < -0.39 is 39.4 Å². The Bertz CT molecular complexity index is 1130. The van der Waals surface area contributed by atoms with E-state index in [1.54, 1.807) is 30.3 Å². The first-order chi connectivity index (χ1) is 15.3. The fraction of sp³-hybridized carbons (Fsp3) is 0.333. The van der Waals surface area contributed by atoms with Crippen molar-refractivity contribution >= 4 is 21.7 Å². The zero-order valence-electron chi connectivity index (χ0n) is 18.5. The Morgan fingerprint density at radius 2 is 1.88 bits per heavy atom. The molecule has 0 spiro atoms. The van der Waals surface area contributed by atoms with Gasteiger partial charge in [-0.05, 0) is 12.1 Å². The van der Waals surface area contributed by atoms with E-state index in [2.05, 4.69) is 15.3 Å². The highest BCUT2D eigenvalue weighted by atomic mass is 32.2. The molecule has 1 atom stereocenters. The summed E-state index contributed by atoms with van der Waals surface area (Å²) in [5.74, 6) is -5.64. The molecule has 1 aromatic heterocycles. The summed E-state index contributed by atoms with van der Waals surface area (Å²) in [5, 5.41) is 3.35. The lowest BCUT2D eigenvalue weighted by Crippen LogP contribution is -2.38. The predicted molar refractivity (Wildman–Crippen MR) is 117 cm³/mol. The first kappa shape index (κ1) is 25.8. The number of hydrogen-bond acceptors (Lipinski definition) is 7. The first-order valence-corrected chi connectivity index (χ1v) is 11.6. The maximum Gasteiger partial charge on any atom is 0.303 e. The summed E-state index contributed by atoms with van der Waals surface area (Å²) in [7, 11) is -0.526. The lowest BCUT2D eigenvalue weighted by atomic mass is 10.1. The van der Waals surface area contributed by atoms with Crippen LogP contribution in [0, 0.1) is 0 Å². The predicted octanol–water partition coefficient (Wildman–Crippen LogP) is 2.52. The van der Waals surface area contributed by atoms with Crippen LogP contribution in [0.15, 0.2) is 48.0 Å². The second kappa shape index (κ2) is 10.5. The van der Waals surface area contributed by atoms with Gasteiger partial charge in [0, 0.05) is 38.9 Å². The molecular weight excluding hydrogens is 458 g/mol. The Morgan fingerprint density at radius 3 is 2.42 bits per heavy atom. The molecule has 0 aliphatic rings. The Hall–Kier alpha value is -3.41. The molecule has 9 nitrogen and oxygen atoms in total. The van der Waals surface area contributed by atoms with Crippen LogP contribution in [0.2, 0.25) is 0 Å². The maximum absolute atomic E-state index is 13.8. The fourth-order valence-corrected chi connectivity index (χ4v) is 2.91. The molecule has 0 saturated heterocycles. The quantitative estimate of drug-likeness (QED) is 0.583. The van der Waals surface area contributed by atoms with Crippen molar-refractivity contribution in [1.82, 2.24) is 20.2 Å². The molecule has 2 rings (SSSR count). The van der Waals surface area contributed by atoms with Crippen LogP contribution in [-0.4, -0.2) is 61.5 Å². The van der Waals surface area contributed by atoms with Gasteiger partial charge in [-0.3, -0.25) is 9.59 Å². The van der Waals surface area contributed by atoms with Crippen molar-refractivity contribution in [3.05, 3.63) is 59.4 Å². The molecule has 178 valence electrons. The highest BCUT2D eigenvalue weighted by Crippen LogP contribution is 2.29. The van der Waals surface area contributed by atoms with Gasteiger partial charge in [-0.2, -0.15) is 13.8 Å². The molecule has 1 heterocycles. The number of amides is 2. The molecule has 1 aromatic carbocycles. The lowest BCUT2D eigenvalue weighted by Gasteiger charge is -2.19. The lowest BCUT2D eigenvalue weighted by molar-refractivity contribution is -0.128. The Balaban J connectivity index is 2.41. The largest absolute Gasteiger partial charge is 0.438 e. The standard InChI is InChI=1S/C21H24F2N4O5S/c1-21(22,23)20-24-13-16(19(26-20)32-15-8-6-5-7-9-15)18(29)25-14(10-11-33(4,30)31)12-17(28)27(2)3/h5-11,13-14H,12H2,1-4H3,(H,25,29). The molecule has 0 saturated carbocycles. The third-order valence-electron chi connectivity index (χ3n) is 4.12. The molecule has 1 unspecified atom stereocenters. The second-order valence-electron chi connectivity index (χ2n) is 7.45. The SMILES string of the molecule is CN(C)C(=O)CC(C=CS(C)(=O)=O)NC(=O)c1cnc(C(C)(F)F)nc1Oc1ccccc1. The number of nitrogens with zero attached hydrogens (tertiary/aromatic N) is 3. The molecular formula is C21H24F2N4O5S. The van der Waals surface area contributed by atoms with E-state index in [1.807, 2.05) is 0 Å². The van der Waals surface area contributed by atoms with Gasteiger partial charge < -0.3 is 15.0 Å². The van der Waals surface area contributed by atoms with Crippen LogP contribution in [0.5, 0.6) is 11.6 Å². The number of halogens is 2. The summed E-state index contributed by atoms with van der Waals surface area (Å²) >= 11 is 0. The summed E-state index contributed by atoms with van der Waals surface area (Å²) in [4.78, 5) is 33.6. The molecule has 33 heavy (non-hydrogen) atoms. The average Bonchev–Trinajstić information content (AvgIpc) is 2.71. The minimum atomic E-state index is -3.54. The van der Waals surface area contributed by atoms with Crippen LogP contribution in [0.1, 0.15) is 29.5 Å². The molecule has 0 aliphatic carbocycles. The van der Waals surface area contributed by atoms with Crippen molar-refractivity contribution in [2.45, 2.75) is 25.3 Å². The van der Waals surface area contributed by atoms with Crippen LogP contribution in [0.3, 0.4) is 0 Å². The topological polar surface area (TPSA) is 119 Å². The maximum atomic E-state index is 13.8. The van der Waals surface area contributed by atoms with Gasteiger partial charge in [0.05, 0.1) is 12.5 Å². The summed E-state index contributed by atoms with van der Waals surface area (Å²) in [5.41, 5.74) is -0.276. The number of benzene rings is 1. The summed E-state index contributed by atoms with van der Waals surface area (Å²) in [6.45, 7) is 0.604. The van der Waals surface area contributed by atoms with Gasteiger partial charge in [0.2, 0.25) is 17.6 Å². The third-order valence-corrected chi connectivity index (χ3v) is 4.77. The average molecular weight is 483 g/mol. The molecule has 0 fully saturated rings. The van der Waals surface area contributed by atoms with Gasteiger partial charge in [0.25, 0.3) is 5.91 Å². The van der Waals surface area contributed by atoms with Gasteiger partial charge in [0.1, 0.15) is 11.3 Å². The van der Waals surface area contributed by atoms with E-state index in [4.69, 9.17) is 4.74 Å². The minimum Gasteiger partial charge on any atom is -0.438 e. The van der Waals surface area contributed by atoms with E-state index in [1.165, 1.54) is 19.0 Å². The second-order valence-corrected chi connectivity index (χ2v) is 9.38. The number of aromatic nitrogens is 2. The normalized spacial score (nSPS) is 12.9. The number of hydrogen-bond donors (Lipinski definition) is 1. The number of alkyl halides is 2. The molecule has 0 radical (unpaired) electrons. The number of ether oxygens (including phenoxy) is 1. The Kier molecular flexibility index (Phi) is 8.20. The fourth-order valence-electron chi connectivity index (χ4n) is 2.43. The summed E-state index contributed by atoms with van der Waals surface area (Å²) in [6.07, 6.45) is 2.76. The van der Waals surface area contributed by atoms with E-state index >= 15 is 0 Å². The first-order valence-electron chi connectivity index (χ1n) is 9.64. The van der Waals surface area contributed by atoms with Crippen LogP contribution < -0.4 is 10.1 Å². The molecule has 2 amide bonds. The number of sulfone groups is 1. The van der Waals surface area contributed by atoms with E-state index in [-0.39, 0.29) is 23.6 Å². The summed E-state index contributed by atoms with van der Waals surface area (Å²) < 4.78 is 56.1. The Labute approximate surface area is 190 Å². The summed E-state index contributed by atoms with van der Waals surface area (Å²) in [6, 6.07) is 7.07. The van der Waals surface area contributed by atoms with Gasteiger partial charge in [-0.25, -0.2) is 13.4 Å². The number of nitrogens with one attached hydrogen (secondary N) is 1. The van der Waals surface area contributed by atoms with Crippen molar-refractivity contribution in [3.63, 3.8) is 0 Å². The molecule has 2 aromatic rings. The highest BCUT2D eigenvalue weighted by molar-refractivity contribution is 7.93. The van der Waals surface area contributed by atoms with E-state index in [9.17, 15) is 26.8 Å². The van der Waals surface area contributed by atoms with Crippen LogP contribution in [0.25, 0.3) is 0 Å². The molecule has 1 N–H and O–H groups in total. The van der Waals surface area contributed by atoms with Gasteiger partial charge in [0.15, 0.2) is 9.84 Å². The smallest absolute Gasteiger partial charge is 0.303 e. The van der Waals surface area contributed by atoms with Crippen molar-refractivity contribution in [2.75, 3.05) is 20.4 Å². The monoisotopic (exact) mass is 482 g/mol. The minimum absolute atomic E-state index is 0.243. The zero-order chi connectivity index (χ0) is 24.8. The molecule has 0 bridgehead atoms. The highest BCUT2D eigenvalue weighted by Gasteiger charge is 2.31. The van der Waals surface area contributed by atoms with Crippen molar-refractivity contribution in [1.29, 1.82) is 0 Å². The van der Waals surface area contributed by atoms with E-state index in [0.29, 0.717) is 6.92 Å².